The van der Waals surface area contributed by atoms with Crippen LogP contribution in [-0.4, -0.2) is 36.4 Å². The molecule has 1 aliphatic carbocycles. The summed E-state index contributed by atoms with van der Waals surface area (Å²) in [4.78, 5) is 0. The molecule has 3 heteroatoms. The van der Waals surface area contributed by atoms with Gasteiger partial charge in [0, 0.05) is 18.6 Å². The van der Waals surface area contributed by atoms with E-state index in [-0.39, 0.29) is 6.10 Å². The maximum absolute atomic E-state index is 9.81. The minimum atomic E-state index is -0.0549. The molecule has 2 fully saturated rings. The third-order valence-corrected chi connectivity index (χ3v) is 4.65. The van der Waals surface area contributed by atoms with E-state index in [0.29, 0.717) is 18.0 Å². The zero-order valence-electron chi connectivity index (χ0n) is 11.8. The van der Waals surface area contributed by atoms with Gasteiger partial charge in [-0.1, -0.05) is 19.3 Å². The van der Waals surface area contributed by atoms with E-state index >= 15 is 0 Å². The first kappa shape index (κ1) is 14.3. The van der Waals surface area contributed by atoms with Crippen LogP contribution in [-0.2, 0) is 0 Å². The van der Waals surface area contributed by atoms with Crippen LogP contribution in [0, 0.1) is 5.92 Å². The van der Waals surface area contributed by atoms with Gasteiger partial charge in [-0.2, -0.15) is 0 Å². The Morgan fingerprint density at radius 1 is 1.17 bits per heavy atom. The number of aliphatic hydroxyl groups is 1. The van der Waals surface area contributed by atoms with Gasteiger partial charge in [-0.15, -0.1) is 0 Å². The summed E-state index contributed by atoms with van der Waals surface area (Å²) in [6, 6.07) is 1.26. The Hall–Kier alpha value is -0.120. The highest BCUT2D eigenvalue weighted by molar-refractivity contribution is 4.81. The molecule has 0 aromatic heterocycles. The lowest BCUT2D eigenvalue weighted by Gasteiger charge is -2.23. The predicted molar refractivity (Wildman–Crippen MR) is 75.7 cm³/mol. The highest BCUT2D eigenvalue weighted by Crippen LogP contribution is 2.24. The summed E-state index contributed by atoms with van der Waals surface area (Å²) in [6.45, 7) is 4.47. The molecular formula is C15H30N2O. The molecule has 0 aromatic carbocycles. The zero-order valence-corrected chi connectivity index (χ0v) is 11.8. The van der Waals surface area contributed by atoms with Gasteiger partial charge in [-0.05, 0) is 51.5 Å². The van der Waals surface area contributed by atoms with Crippen LogP contribution in [0.15, 0.2) is 0 Å². The van der Waals surface area contributed by atoms with Gasteiger partial charge in [-0.3, -0.25) is 0 Å². The highest BCUT2D eigenvalue weighted by atomic mass is 16.3. The zero-order chi connectivity index (χ0) is 12.8. The van der Waals surface area contributed by atoms with Crippen molar-refractivity contribution in [3.8, 4) is 0 Å². The lowest BCUT2D eigenvalue weighted by atomic mass is 10.0. The van der Waals surface area contributed by atoms with Crippen molar-refractivity contribution in [1.29, 1.82) is 0 Å². The summed E-state index contributed by atoms with van der Waals surface area (Å²) >= 11 is 0. The molecule has 1 saturated carbocycles. The van der Waals surface area contributed by atoms with E-state index in [1.165, 1.54) is 51.5 Å². The van der Waals surface area contributed by atoms with Crippen molar-refractivity contribution >= 4 is 0 Å². The summed E-state index contributed by atoms with van der Waals surface area (Å²) in [5.41, 5.74) is 0. The summed E-state index contributed by atoms with van der Waals surface area (Å²) in [5.74, 6) is 0.495. The second kappa shape index (κ2) is 7.46. The van der Waals surface area contributed by atoms with Crippen molar-refractivity contribution in [2.45, 2.75) is 76.5 Å². The molecule has 2 aliphatic rings. The van der Waals surface area contributed by atoms with Gasteiger partial charge < -0.3 is 15.7 Å². The van der Waals surface area contributed by atoms with Crippen molar-refractivity contribution in [2.75, 3.05) is 13.1 Å². The van der Waals surface area contributed by atoms with Gasteiger partial charge in [0.15, 0.2) is 0 Å². The summed E-state index contributed by atoms with van der Waals surface area (Å²) < 4.78 is 0. The fraction of sp³-hybridized carbons (Fsp3) is 1.00. The van der Waals surface area contributed by atoms with Gasteiger partial charge in [0.25, 0.3) is 0 Å². The third kappa shape index (κ3) is 4.52. The molecule has 106 valence electrons. The van der Waals surface area contributed by atoms with E-state index in [4.69, 9.17) is 0 Å². The highest BCUT2D eigenvalue weighted by Gasteiger charge is 2.25. The molecule has 1 saturated heterocycles. The summed E-state index contributed by atoms with van der Waals surface area (Å²) in [6.07, 6.45) is 10.0. The van der Waals surface area contributed by atoms with Gasteiger partial charge in [0.1, 0.15) is 0 Å². The molecule has 4 atom stereocenters. The third-order valence-electron chi connectivity index (χ3n) is 4.65. The molecule has 0 aromatic rings. The van der Waals surface area contributed by atoms with Crippen LogP contribution in [0.4, 0.5) is 0 Å². The molecule has 0 bridgehead atoms. The molecule has 1 aliphatic heterocycles. The Labute approximate surface area is 112 Å². The predicted octanol–water partition coefficient (Wildman–Crippen LogP) is 2.05. The van der Waals surface area contributed by atoms with E-state index in [1.54, 1.807) is 0 Å². The number of aliphatic hydroxyl groups excluding tert-OH is 1. The Bertz CT molecular complexity index is 227. The van der Waals surface area contributed by atoms with Gasteiger partial charge >= 0.3 is 0 Å². The van der Waals surface area contributed by atoms with Crippen LogP contribution in [0.1, 0.15) is 58.3 Å². The van der Waals surface area contributed by atoms with Crippen LogP contribution < -0.4 is 10.6 Å². The fourth-order valence-corrected chi connectivity index (χ4v) is 3.42. The number of nitrogens with one attached hydrogen (secondary N) is 2. The Balaban J connectivity index is 1.63. The molecular weight excluding hydrogens is 224 g/mol. The topological polar surface area (TPSA) is 44.3 Å². The lowest BCUT2D eigenvalue weighted by molar-refractivity contribution is 0.129. The monoisotopic (exact) mass is 254 g/mol. The number of hydrogen-bond donors (Lipinski definition) is 3. The van der Waals surface area contributed by atoms with E-state index in [9.17, 15) is 5.11 Å². The average molecular weight is 254 g/mol. The minimum Gasteiger partial charge on any atom is -0.393 e. The maximum Gasteiger partial charge on any atom is 0.0580 e. The molecule has 1 heterocycles. The summed E-state index contributed by atoms with van der Waals surface area (Å²) in [7, 11) is 0. The normalized spacial score (nSPS) is 35.3. The van der Waals surface area contributed by atoms with Crippen molar-refractivity contribution in [1.82, 2.24) is 10.6 Å². The van der Waals surface area contributed by atoms with E-state index < -0.39 is 0 Å². The molecule has 18 heavy (non-hydrogen) atoms. The molecule has 3 N–H and O–H groups in total. The molecule has 2 rings (SSSR count). The van der Waals surface area contributed by atoms with Crippen molar-refractivity contribution < 1.29 is 5.11 Å². The molecule has 0 radical (unpaired) electrons. The van der Waals surface area contributed by atoms with E-state index in [0.717, 1.165) is 13.0 Å². The standard InChI is InChI=1S/C15H30N2O/c1-12(10-14-7-3-2-4-9-16-14)17-11-13-6-5-8-15(13)18/h12-18H,2-11H2,1H3. The first-order chi connectivity index (χ1) is 8.75. The van der Waals surface area contributed by atoms with Gasteiger partial charge in [0.2, 0.25) is 0 Å². The Morgan fingerprint density at radius 2 is 2.06 bits per heavy atom. The Morgan fingerprint density at radius 3 is 2.83 bits per heavy atom. The fourth-order valence-electron chi connectivity index (χ4n) is 3.42. The van der Waals surface area contributed by atoms with Crippen molar-refractivity contribution in [2.24, 2.45) is 5.92 Å². The first-order valence-electron chi connectivity index (χ1n) is 7.90. The molecule has 0 spiro atoms. The Kier molecular flexibility index (Phi) is 5.93. The van der Waals surface area contributed by atoms with E-state index in [1.807, 2.05) is 0 Å². The van der Waals surface area contributed by atoms with Gasteiger partial charge in [0.05, 0.1) is 6.10 Å². The molecule has 0 amide bonds. The quantitative estimate of drug-likeness (QED) is 0.703. The van der Waals surface area contributed by atoms with Crippen LogP contribution in [0.5, 0.6) is 0 Å². The first-order valence-corrected chi connectivity index (χ1v) is 7.90. The largest absolute Gasteiger partial charge is 0.393 e. The summed E-state index contributed by atoms with van der Waals surface area (Å²) in [5, 5.41) is 17.1. The second-order valence-electron chi connectivity index (χ2n) is 6.30. The van der Waals surface area contributed by atoms with Crippen LogP contribution in [0.2, 0.25) is 0 Å². The molecule has 4 unspecified atom stereocenters. The van der Waals surface area contributed by atoms with Crippen LogP contribution >= 0.6 is 0 Å². The van der Waals surface area contributed by atoms with Crippen LogP contribution in [0.3, 0.4) is 0 Å². The average Bonchev–Trinajstić information content (AvgIpc) is 2.61. The van der Waals surface area contributed by atoms with Crippen molar-refractivity contribution in [3.63, 3.8) is 0 Å². The maximum atomic E-state index is 9.81. The van der Waals surface area contributed by atoms with E-state index in [2.05, 4.69) is 17.6 Å². The van der Waals surface area contributed by atoms with Crippen molar-refractivity contribution in [3.05, 3.63) is 0 Å². The number of rotatable bonds is 5. The second-order valence-corrected chi connectivity index (χ2v) is 6.30. The number of hydrogen-bond acceptors (Lipinski definition) is 3. The smallest absolute Gasteiger partial charge is 0.0580 e. The van der Waals surface area contributed by atoms with Gasteiger partial charge in [-0.25, -0.2) is 0 Å². The SMILES string of the molecule is CC(CC1CCCCCN1)NCC1CCCC1O. The molecule has 3 nitrogen and oxygen atoms in total. The van der Waals surface area contributed by atoms with Crippen LogP contribution in [0.25, 0.3) is 0 Å². The lowest BCUT2D eigenvalue weighted by Crippen LogP contribution is -2.39. The minimum absolute atomic E-state index is 0.0549.